The highest BCUT2D eigenvalue weighted by molar-refractivity contribution is 6.30. The molecule has 0 saturated carbocycles. The van der Waals surface area contributed by atoms with Crippen molar-refractivity contribution in [3.8, 4) is 11.5 Å². The van der Waals surface area contributed by atoms with Gasteiger partial charge >= 0.3 is 0 Å². The van der Waals surface area contributed by atoms with Gasteiger partial charge in [0.1, 0.15) is 0 Å². The molecule has 1 saturated heterocycles. The van der Waals surface area contributed by atoms with Gasteiger partial charge in [-0.2, -0.15) is 0 Å². The molecule has 0 atom stereocenters. The Bertz CT molecular complexity index is 835. The maximum absolute atomic E-state index is 12.7. The van der Waals surface area contributed by atoms with E-state index in [-0.39, 0.29) is 11.8 Å². The van der Waals surface area contributed by atoms with Crippen molar-refractivity contribution in [3.63, 3.8) is 0 Å². The number of halogens is 1. The molecule has 0 aromatic heterocycles. The van der Waals surface area contributed by atoms with Crippen LogP contribution < -0.4 is 14.8 Å². The van der Waals surface area contributed by atoms with E-state index in [0.717, 1.165) is 54.6 Å². The van der Waals surface area contributed by atoms with Crippen LogP contribution in [-0.2, 0) is 17.9 Å². The van der Waals surface area contributed by atoms with Crippen LogP contribution >= 0.6 is 11.6 Å². The van der Waals surface area contributed by atoms with Gasteiger partial charge in [-0.1, -0.05) is 29.8 Å². The van der Waals surface area contributed by atoms with Gasteiger partial charge in [0.25, 0.3) is 0 Å². The van der Waals surface area contributed by atoms with E-state index in [4.69, 9.17) is 21.1 Å². The number of carbonyl (C=O) groups excluding carboxylic acids is 1. The zero-order valence-corrected chi connectivity index (χ0v) is 18.6. The van der Waals surface area contributed by atoms with Crippen LogP contribution in [0.25, 0.3) is 0 Å². The lowest BCUT2D eigenvalue weighted by molar-refractivity contribution is -0.126. The molecule has 0 bridgehead atoms. The third-order valence-electron chi connectivity index (χ3n) is 5.33. The maximum atomic E-state index is 12.7. The Morgan fingerprint density at radius 2 is 1.77 bits per heavy atom. The number of nitrogens with zero attached hydrogens (tertiary/aromatic N) is 1. The molecule has 5 nitrogen and oxygen atoms in total. The molecule has 1 aliphatic rings. The summed E-state index contributed by atoms with van der Waals surface area (Å²) in [4.78, 5) is 15.0. The lowest BCUT2D eigenvalue weighted by atomic mass is 9.95. The van der Waals surface area contributed by atoms with E-state index in [1.807, 2.05) is 50.2 Å². The standard InChI is InChI=1S/C24H31ClN2O3/c1-3-29-22-9-8-18(15-23(22)30-4-2)16-26-24(28)20-10-12-27(13-11-20)17-19-6-5-7-21(25)14-19/h5-9,14-15,20H,3-4,10-13,16-17H2,1-2H3,(H,26,28). The summed E-state index contributed by atoms with van der Waals surface area (Å²) in [6.07, 6.45) is 1.75. The van der Waals surface area contributed by atoms with Crippen molar-refractivity contribution in [2.75, 3.05) is 26.3 Å². The molecule has 1 amide bonds. The van der Waals surface area contributed by atoms with E-state index in [0.29, 0.717) is 19.8 Å². The molecule has 1 fully saturated rings. The van der Waals surface area contributed by atoms with Crippen molar-refractivity contribution in [1.29, 1.82) is 0 Å². The first-order chi connectivity index (χ1) is 14.6. The quantitative estimate of drug-likeness (QED) is 0.628. The van der Waals surface area contributed by atoms with Gasteiger partial charge in [-0.25, -0.2) is 0 Å². The number of nitrogens with one attached hydrogen (secondary N) is 1. The smallest absolute Gasteiger partial charge is 0.223 e. The van der Waals surface area contributed by atoms with Crippen molar-refractivity contribution in [2.24, 2.45) is 5.92 Å². The summed E-state index contributed by atoms with van der Waals surface area (Å²) in [7, 11) is 0. The first-order valence-corrected chi connectivity index (χ1v) is 11.1. The molecule has 0 unspecified atom stereocenters. The second-order valence-corrected chi connectivity index (χ2v) is 7.98. The largest absolute Gasteiger partial charge is 0.490 e. The van der Waals surface area contributed by atoms with E-state index >= 15 is 0 Å². The first kappa shape index (κ1) is 22.4. The third kappa shape index (κ3) is 6.38. The minimum Gasteiger partial charge on any atom is -0.490 e. The Labute approximate surface area is 184 Å². The maximum Gasteiger partial charge on any atom is 0.223 e. The van der Waals surface area contributed by atoms with Crippen LogP contribution in [0.1, 0.15) is 37.8 Å². The average Bonchev–Trinajstić information content (AvgIpc) is 2.74. The first-order valence-electron chi connectivity index (χ1n) is 10.7. The predicted octanol–water partition coefficient (Wildman–Crippen LogP) is 4.67. The zero-order chi connectivity index (χ0) is 21.3. The van der Waals surface area contributed by atoms with E-state index < -0.39 is 0 Å². The fourth-order valence-electron chi connectivity index (χ4n) is 3.79. The molecule has 6 heteroatoms. The molecule has 2 aromatic carbocycles. The topological polar surface area (TPSA) is 50.8 Å². The van der Waals surface area contributed by atoms with Gasteiger partial charge in [-0.15, -0.1) is 0 Å². The van der Waals surface area contributed by atoms with Gasteiger partial charge in [0.2, 0.25) is 5.91 Å². The minimum absolute atomic E-state index is 0.0645. The van der Waals surface area contributed by atoms with Crippen molar-refractivity contribution in [2.45, 2.75) is 39.8 Å². The molecule has 1 N–H and O–H groups in total. The summed E-state index contributed by atoms with van der Waals surface area (Å²) < 4.78 is 11.3. The number of hydrogen-bond acceptors (Lipinski definition) is 4. The van der Waals surface area contributed by atoms with Crippen molar-refractivity contribution in [1.82, 2.24) is 10.2 Å². The van der Waals surface area contributed by atoms with Gasteiger partial charge in [0, 0.05) is 24.0 Å². The molecule has 30 heavy (non-hydrogen) atoms. The van der Waals surface area contributed by atoms with Gasteiger partial charge in [0.05, 0.1) is 13.2 Å². The second kappa shape index (κ2) is 11.2. The molecule has 1 heterocycles. The van der Waals surface area contributed by atoms with E-state index in [9.17, 15) is 4.79 Å². The molecule has 3 rings (SSSR count). The van der Waals surface area contributed by atoms with Crippen LogP contribution in [0.4, 0.5) is 0 Å². The number of ether oxygens (including phenoxy) is 2. The molecular weight excluding hydrogens is 400 g/mol. The Kier molecular flexibility index (Phi) is 8.40. The SMILES string of the molecule is CCOc1ccc(CNC(=O)C2CCN(Cc3cccc(Cl)c3)CC2)cc1OCC. The molecule has 1 aliphatic heterocycles. The highest BCUT2D eigenvalue weighted by Crippen LogP contribution is 2.28. The third-order valence-corrected chi connectivity index (χ3v) is 5.56. The fourth-order valence-corrected chi connectivity index (χ4v) is 4.00. The Balaban J connectivity index is 1.47. The summed E-state index contributed by atoms with van der Waals surface area (Å²) in [6, 6.07) is 13.8. The molecule has 2 aromatic rings. The summed E-state index contributed by atoms with van der Waals surface area (Å²) in [6.45, 7) is 8.27. The zero-order valence-electron chi connectivity index (χ0n) is 17.8. The van der Waals surface area contributed by atoms with Gasteiger partial charge < -0.3 is 14.8 Å². The molecule has 0 aliphatic carbocycles. The summed E-state index contributed by atoms with van der Waals surface area (Å²) >= 11 is 6.08. The van der Waals surface area contributed by atoms with E-state index in [1.54, 1.807) is 0 Å². The summed E-state index contributed by atoms with van der Waals surface area (Å²) in [5.74, 6) is 1.65. The molecule has 0 spiro atoms. The minimum atomic E-state index is 0.0645. The normalized spacial score (nSPS) is 15.0. The van der Waals surface area contributed by atoms with Crippen LogP contribution in [0.2, 0.25) is 5.02 Å². The second-order valence-electron chi connectivity index (χ2n) is 7.55. The van der Waals surface area contributed by atoms with Gasteiger partial charge in [-0.05, 0) is 75.2 Å². The number of piperidine rings is 1. The molecule has 162 valence electrons. The van der Waals surface area contributed by atoms with Crippen LogP contribution in [0.5, 0.6) is 11.5 Å². The van der Waals surface area contributed by atoms with Crippen LogP contribution in [0.15, 0.2) is 42.5 Å². The Morgan fingerprint density at radius 3 is 2.47 bits per heavy atom. The van der Waals surface area contributed by atoms with Crippen LogP contribution in [0.3, 0.4) is 0 Å². The molecular formula is C24H31ClN2O3. The lowest BCUT2D eigenvalue weighted by Crippen LogP contribution is -2.40. The van der Waals surface area contributed by atoms with Crippen LogP contribution in [0, 0.1) is 5.92 Å². The van der Waals surface area contributed by atoms with Gasteiger partial charge in [0.15, 0.2) is 11.5 Å². The van der Waals surface area contributed by atoms with Crippen LogP contribution in [-0.4, -0.2) is 37.1 Å². The molecule has 0 radical (unpaired) electrons. The highest BCUT2D eigenvalue weighted by Gasteiger charge is 2.24. The van der Waals surface area contributed by atoms with E-state index in [2.05, 4.69) is 16.3 Å². The number of benzene rings is 2. The summed E-state index contributed by atoms with van der Waals surface area (Å²) in [5.41, 5.74) is 2.22. The van der Waals surface area contributed by atoms with E-state index in [1.165, 1.54) is 5.56 Å². The Hall–Kier alpha value is -2.24. The number of likely N-dealkylation sites (tertiary alicyclic amines) is 1. The van der Waals surface area contributed by atoms with Gasteiger partial charge in [-0.3, -0.25) is 9.69 Å². The summed E-state index contributed by atoms with van der Waals surface area (Å²) in [5, 5.41) is 3.86. The fraction of sp³-hybridized carbons (Fsp3) is 0.458. The van der Waals surface area contributed by atoms with Crippen molar-refractivity contribution >= 4 is 17.5 Å². The number of carbonyl (C=O) groups is 1. The monoisotopic (exact) mass is 430 g/mol. The van der Waals surface area contributed by atoms with Crippen molar-refractivity contribution < 1.29 is 14.3 Å². The number of rotatable bonds is 9. The number of hydrogen-bond donors (Lipinski definition) is 1. The average molecular weight is 431 g/mol. The lowest BCUT2D eigenvalue weighted by Gasteiger charge is -2.31. The number of amides is 1. The highest BCUT2D eigenvalue weighted by atomic mass is 35.5. The Morgan fingerprint density at radius 1 is 1.03 bits per heavy atom. The predicted molar refractivity (Wildman–Crippen MR) is 120 cm³/mol. The van der Waals surface area contributed by atoms with Crippen molar-refractivity contribution in [3.05, 3.63) is 58.6 Å².